The van der Waals surface area contributed by atoms with Gasteiger partial charge >= 0.3 is 0 Å². The largest absolute Gasteiger partial charge is 0.361 e. The molecule has 0 bridgehead atoms. The van der Waals surface area contributed by atoms with Crippen LogP contribution < -0.4 is 0 Å². The van der Waals surface area contributed by atoms with E-state index in [4.69, 9.17) is 4.74 Å². The van der Waals surface area contributed by atoms with E-state index in [-0.39, 0.29) is 17.4 Å². The fourth-order valence-corrected chi connectivity index (χ4v) is 1.99. The topological polar surface area (TPSA) is 29.5 Å². The summed E-state index contributed by atoms with van der Waals surface area (Å²) in [5, 5.41) is 0.102. The summed E-state index contributed by atoms with van der Waals surface area (Å²) in [4.78, 5) is 13.0. The van der Waals surface area contributed by atoms with Gasteiger partial charge in [-0.2, -0.15) is 11.8 Å². The third-order valence-corrected chi connectivity index (χ3v) is 2.99. The second kappa shape index (κ2) is 3.45. The van der Waals surface area contributed by atoms with Crippen molar-refractivity contribution < 1.29 is 9.53 Å². The Morgan fingerprint density at radius 1 is 1.73 bits per heavy atom. The Bertz CT molecular complexity index is 159. The molecule has 1 rings (SSSR count). The summed E-state index contributed by atoms with van der Waals surface area (Å²) in [7, 11) is 3.42. The highest BCUT2D eigenvalue weighted by atomic mass is 32.2. The molecule has 1 fully saturated rings. The Kier molecular flexibility index (Phi) is 2.78. The zero-order valence-electron chi connectivity index (χ0n) is 7.03. The molecule has 4 heteroatoms. The molecule has 0 aliphatic carbocycles. The summed E-state index contributed by atoms with van der Waals surface area (Å²) in [6, 6.07) is 0. The molecule has 1 aliphatic heterocycles. The fraction of sp³-hybridized carbons (Fsp3) is 0.857. The maximum atomic E-state index is 11.3. The highest BCUT2D eigenvalue weighted by Gasteiger charge is 2.36. The van der Waals surface area contributed by atoms with Gasteiger partial charge in [0, 0.05) is 20.6 Å². The molecule has 0 aromatic carbocycles. The Morgan fingerprint density at radius 2 is 2.36 bits per heavy atom. The van der Waals surface area contributed by atoms with E-state index in [0.29, 0.717) is 0 Å². The van der Waals surface area contributed by atoms with Gasteiger partial charge in [0.1, 0.15) is 6.23 Å². The van der Waals surface area contributed by atoms with Crippen molar-refractivity contribution in [2.75, 3.05) is 20.4 Å². The minimum Gasteiger partial charge on any atom is -0.361 e. The summed E-state index contributed by atoms with van der Waals surface area (Å²) in [5.74, 6) is 0.185. The van der Waals surface area contributed by atoms with Gasteiger partial charge in [0.2, 0.25) is 5.91 Å². The summed E-state index contributed by atoms with van der Waals surface area (Å²) < 4.78 is 5.12. The Morgan fingerprint density at radius 3 is 2.64 bits per heavy atom. The molecule has 3 nitrogen and oxygen atoms in total. The number of rotatable bonds is 2. The van der Waals surface area contributed by atoms with Crippen molar-refractivity contribution in [1.82, 2.24) is 4.90 Å². The van der Waals surface area contributed by atoms with Crippen LogP contribution in [0.4, 0.5) is 0 Å². The lowest BCUT2D eigenvalue weighted by molar-refractivity contribution is -0.132. The predicted octanol–water partition coefficient (Wildman–Crippen LogP) is 0.553. The van der Waals surface area contributed by atoms with Gasteiger partial charge in [-0.1, -0.05) is 0 Å². The second-order valence-corrected chi connectivity index (χ2v) is 3.64. The van der Waals surface area contributed by atoms with E-state index < -0.39 is 0 Å². The number of ether oxygens (including phenoxy) is 1. The molecule has 1 aliphatic rings. The third kappa shape index (κ3) is 1.51. The Hall–Kier alpha value is -0.220. The first kappa shape index (κ1) is 8.87. The van der Waals surface area contributed by atoms with Crippen LogP contribution in [0.5, 0.6) is 0 Å². The number of likely N-dealkylation sites (tertiary alicyclic amines) is 1. The standard InChI is InChI=1S/C7H13NO2S/c1-8-6(10-2)4-5(11-3)7(8)9/h5-6H,4H2,1-3H3. The van der Waals surface area contributed by atoms with Gasteiger partial charge < -0.3 is 9.64 Å². The van der Waals surface area contributed by atoms with Gasteiger partial charge in [0.25, 0.3) is 0 Å². The zero-order chi connectivity index (χ0) is 8.43. The van der Waals surface area contributed by atoms with E-state index >= 15 is 0 Å². The molecule has 1 saturated heterocycles. The average Bonchev–Trinajstić information content (AvgIpc) is 2.30. The van der Waals surface area contributed by atoms with Gasteiger partial charge in [-0.25, -0.2) is 0 Å². The van der Waals surface area contributed by atoms with Crippen LogP contribution in [0.15, 0.2) is 0 Å². The molecule has 0 aromatic rings. The van der Waals surface area contributed by atoms with Gasteiger partial charge in [0.15, 0.2) is 0 Å². The Labute approximate surface area is 71.1 Å². The van der Waals surface area contributed by atoms with Gasteiger partial charge in [-0.05, 0) is 6.26 Å². The summed E-state index contributed by atoms with van der Waals surface area (Å²) >= 11 is 1.59. The SMILES string of the molecule is COC1CC(SC)C(=O)N1C. The summed E-state index contributed by atoms with van der Waals surface area (Å²) in [5.41, 5.74) is 0. The quantitative estimate of drug-likeness (QED) is 0.614. The van der Waals surface area contributed by atoms with Crippen molar-refractivity contribution in [3.63, 3.8) is 0 Å². The first-order chi connectivity index (χ1) is 5.20. The van der Waals surface area contributed by atoms with Crippen LogP contribution in [0.3, 0.4) is 0 Å². The minimum atomic E-state index is -0.0139. The van der Waals surface area contributed by atoms with Crippen LogP contribution in [0.1, 0.15) is 6.42 Å². The molecule has 2 atom stereocenters. The van der Waals surface area contributed by atoms with Crippen molar-refractivity contribution in [3.8, 4) is 0 Å². The first-order valence-electron chi connectivity index (χ1n) is 3.53. The van der Waals surface area contributed by atoms with Gasteiger partial charge in [-0.15, -0.1) is 0 Å². The van der Waals surface area contributed by atoms with Crippen LogP contribution in [0.2, 0.25) is 0 Å². The maximum Gasteiger partial charge on any atom is 0.237 e. The molecule has 2 unspecified atom stereocenters. The first-order valence-corrected chi connectivity index (χ1v) is 4.81. The van der Waals surface area contributed by atoms with Crippen LogP contribution in [0, 0.1) is 0 Å². The third-order valence-electron chi connectivity index (χ3n) is 2.03. The molecule has 0 spiro atoms. The fourth-order valence-electron chi connectivity index (χ4n) is 1.26. The average molecular weight is 175 g/mol. The molecule has 0 aromatic heterocycles. The van der Waals surface area contributed by atoms with E-state index in [1.807, 2.05) is 6.26 Å². The molecular formula is C7H13NO2S. The number of thioether (sulfide) groups is 1. The number of hydrogen-bond acceptors (Lipinski definition) is 3. The van der Waals surface area contributed by atoms with E-state index in [1.54, 1.807) is 30.8 Å². The highest BCUT2D eigenvalue weighted by Crippen LogP contribution is 2.25. The van der Waals surface area contributed by atoms with E-state index in [9.17, 15) is 4.79 Å². The molecule has 1 amide bonds. The van der Waals surface area contributed by atoms with Gasteiger partial charge in [0.05, 0.1) is 5.25 Å². The van der Waals surface area contributed by atoms with Crippen LogP contribution in [-0.2, 0) is 9.53 Å². The van der Waals surface area contributed by atoms with Crippen molar-refractivity contribution in [2.45, 2.75) is 17.9 Å². The van der Waals surface area contributed by atoms with E-state index in [1.165, 1.54) is 0 Å². The number of carbonyl (C=O) groups is 1. The lowest BCUT2D eigenvalue weighted by atomic mass is 10.3. The number of hydrogen-bond donors (Lipinski definition) is 0. The summed E-state index contributed by atoms with van der Waals surface area (Å²) in [6.07, 6.45) is 2.75. The zero-order valence-corrected chi connectivity index (χ0v) is 7.85. The van der Waals surface area contributed by atoms with Crippen molar-refractivity contribution in [1.29, 1.82) is 0 Å². The molecule has 1 heterocycles. The monoisotopic (exact) mass is 175 g/mol. The summed E-state index contributed by atoms with van der Waals surface area (Å²) in [6.45, 7) is 0. The number of carbonyl (C=O) groups excluding carboxylic acids is 1. The molecule has 11 heavy (non-hydrogen) atoms. The lowest BCUT2D eigenvalue weighted by Crippen LogP contribution is -2.30. The normalized spacial score (nSPS) is 31.5. The minimum absolute atomic E-state index is 0.0139. The molecular weight excluding hydrogens is 162 g/mol. The Balaban J connectivity index is 2.61. The molecule has 0 N–H and O–H groups in total. The predicted molar refractivity (Wildman–Crippen MR) is 45.5 cm³/mol. The number of amides is 1. The van der Waals surface area contributed by atoms with E-state index in [0.717, 1.165) is 6.42 Å². The van der Waals surface area contributed by atoms with Crippen LogP contribution in [0.25, 0.3) is 0 Å². The molecule has 64 valence electrons. The van der Waals surface area contributed by atoms with Crippen molar-refractivity contribution in [2.24, 2.45) is 0 Å². The smallest absolute Gasteiger partial charge is 0.237 e. The number of methoxy groups -OCH3 is 1. The maximum absolute atomic E-state index is 11.3. The molecule has 0 saturated carbocycles. The van der Waals surface area contributed by atoms with Crippen LogP contribution in [-0.4, -0.2) is 42.7 Å². The van der Waals surface area contributed by atoms with Gasteiger partial charge in [-0.3, -0.25) is 4.79 Å². The number of nitrogens with zero attached hydrogens (tertiary/aromatic N) is 1. The molecule has 0 radical (unpaired) electrons. The van der Waals surface area contributed by atoms with Crippen molar-refractivity contribution in [3.05, 3.63) is 0 Å². The lowest BCUT2D eigenvalue weighted by Gasteiger charge is -2.16. The highest BCUT2D eigenvalue weighted by molar-refractivity contribution is 7.99. The van der Waals surface area contributed by atoms with E-state index in [2.05, 4.69) is 0 Å². The van der Waals surface area contributed by atoms with Crippen LogP contribution >= 0.6 is 11.8 Å². The second-order valence-electron chi connectivity index (χ2n) is 2.60. The van der Waals surface area contributed by atoms with Crippen molar-refractivity contribution >= 4 is 17.7 Å².